The average molecular weight is 246 g/mol. The molecule has 2 rings (SSSR count). The van der Waals surface area contributed by atoms with Gasteiger partial charge in [0.1, 0.15) is 0 Å². The Bertz CT molecular complexity index is 445. The van der Waals surface area contributed by atoms with Crippen molar-refractivity contribution in [3.63, 3.8) is 0 Å². The number of carbonyl (C=O) groups excluding carboxylic acids is 1. The maximum absolute atomic E-state index is 12.1. The van der Waals surface area contributed by atoms with Crippen LogP contribution in [0.1, 0.15) is 29.2 Å². The Morgan fingerprint density at radius 3 is 2.50 bits per heavy atom. The van der Waals surface area contributed by atoms with Crippen molar-refractivity contribution < 1.29 is 4.79 Å². The smallest absolute Gasteiger partial charge is 0.239 e. The Morgan fingerprint density at radius 1 is 1.28 bits per heavy atom. The fraction of sp³-hybridized carbons (Fsp3) is 0.533. The van der Waals surface area contributed by atoms with Crippen LogP contribution in [0.2, 0.25) is 0 Å². The molecular formula is C15H22N2O. The zero-order valence-electron chi connectivity index (χ0n) is 11.7. The third-order valence-corrected chi connectivity index (χ3v) is 3.70. The van der Waals surface area contributed by atoms with Gasteiger partial charge in [-0.2, -0.15) is 0 Å². The maximum Gasteiger partial charge on any atom is 0.239 e. The molecule has 1 aromatic rings. The highest BCUT2D eigenvalue weighted by molar-refractivity contribution is 5.82. The number of nitrogens with one attached hydrogen (secondary N) is 1. The zero-order valence-corrected chi connectivity index (χ0v) is 11.7. The second-order valence-corrected chi connectivity index (χ2v) is 5.31. The van der Waals surface area contributed by atoms with E-state index in [9.17, 15) is 4.79 Å². The van der Waals surface area contributed by atoms with Crippen molar-refractivity contribution in [2.24, 2.45) is 0 Å². The van der Waals surface area contributed by atoms with Crippen LogP contribution in [0, 0.1) is 20.8 Å². The number of amides is 1. The molecule has 0 aromatic heterocycles. The molecule has 1 atom stereocenters. The lowest BCUT2D eigenvalue weighted by Crippen LogP contribution is -2.53. The second-order valence-electron chi connectivity index (χ2n) is 5.31. The van der Waals surface area contributed by atoms with Gasteiger partial charge in [0.2, 0.25) is 5.91 Å². The van der Waals surface area contributed by atoms with Gasteiger partial charge in [-0.05, 0) is 44.4 Å². The Balaban J connectivity index is 2.21. The fourth-order valence-electron chi connectivity index (χ4n) is 2.69. The molecule has 1 saturated heterocycles. The maximum atomic E-state index is 12.1. The number of piperazine rings is 1. The summed E-state index contributed by atoms with van der Waals surface area (Å²) in [6.07, 6.45) is 0. The van der Waals surface area contributed by atoms with Crippen LogP contribution in [-0.4, -0.2) is 29.9 Å². The van der Waals surface area contributed by atoms with Crippen molar-refractivity contribution in [1.82, 2.24) is 10.2 Å². The van der Waals surface area contributed by atoms with Crippen LogP contribution < -0.4 is 5.32 Å². The predicted octanol–water partition coefficient (Wildman–Crippen LogP) is 1.93. The molecule has 1 amide bonds. The average Bonchev–Trinajstić information content (AvgIpc) is 2.28. The molecule has 18 heavy (non-hydrogen) atoms. The van der Waals surface area contributed by atoms with Crippen molar-refractivity contribution in [2.75, 3.05) is 13.1 Å². The SMILES string of the molecule is Cc1cc(C)c(CN2CCNC(C)C2=O)c(C)c1. The van der Waals surface area contributed by atoms with E-state index in [1.54, 1.807) is 0 Å². The van der Waals surface area contributed by atoms with Crippen LogP contribution in [-0.2, 0) is 11.3 Å². The largest absolute Gasteiger partial charge is 0.336 e. The first-order chi connectivity index (χ1) is 8.49. The first-order valence-electron chi connectivity index (χ1n) is 6.58. The first kappa shape index (κ1) is 13.1. The molecular weight excluding hydrogens is 224 g/mol. The molecule has 1 fully saturated rings. The summed E-state index contributed by atoms with van der Waals surface area (Å²) in [6.45, 7) is 10.7. The third-order valence-electron chi connectivity index (χ3n) is 3.70. The Kier molecular flexibility index (Phi) is 3.71. The minimum absolute atomic E-state index is 0.0511. The lowest BCUT2D eigenvalue weighted by atomic mass is 9.99. The van der Waals surface area contributed by atoms with Crippen molar-refractivity contribution >= 4 is 5.91 Å². The number of carbonyl (C=O) groups is 1. The molecule has 0 radical (unpaired) electrons. The van der Waals surface area contributed by atoms with Gasteiger partial charge in [0.25, 0.3) is 0 Å². The summed E-state index contributed by atoms with van der Waals surface area (Å²) in [6, 6.07) is 4.33. The lowest BCUT2D eigenvalue weighted by Gasteiger charge is -2.32. The summed E-state index contributed by atoms with van der Waals surface area (Å²) in [7, 11) is 0. The summed E-state index contributed by atoms with van der Waals surface area (Å²) >= 11 is 0. The summed E-state index contributed by atoms with van der Waals surface area (Å²) < 4.78 is 0. The van der Waals surface area contributed by atoms with Gasteiger partial charge in [-0.3, -0.25) is 4.79 Å². The number of benzene rings is 1. The molecule has 0 aliphatic carbocycles. The van der Waals surface area contributed by atoms with Crippen LogP contribution >= 0.6 is 0 Å². The van der Waals surface area contributed by atoms with Gasteiger partial charge in [-0.15, -0.1) is 0 Å². The fourth-order valence-corrected chi connectivity index (χ4v) is 2.69. The van der Waals surface area contributed by atoms with Crippen molar-refractivity contribution in [2.45, 2.75) is 40.3 Å². The van der Waals surface area contributed by atoms with Crippen molar-refractivity contribution in [1.29, 1.82) is 0 Å². The van der Waals surface area contributed by atoms with E-state index >= 15 is 0 Å². The van der Waals surface area contributed by atoms with E-state index in [4.69, 9.17) is 0 Å². The summed E-state index contributed by atoms with van der Waals surface area (Å²) in [5, 5.41) is 3.19. The molecule has 0 saturated carbocycles. The first-order valence-corrected chi connectivity index (χ1v) is 6.58. The van der Waals surface area contributed by atoms with Gasteiger partial charge in [-0.1, -0.05) is 17.7 Å². The van der Waals surface area contributed by atoms with E-state index in [0.717, 1.165) is 19.6 Å². The van der Waals surface area contributed by atoms with Gasteiger partial charge >= 0.3 is 0 Å². The summed E-state index contributed by atoms with van der Waals surface area (Å²) in [4.78, 5) is 14.0. The Morgan fingerprint density at radius 2 is 1.89 bits per heavy atom. The second kappa shape index (κ2) is 5.11. The van der Waals surface area contributed by atoms with Crippen molar-refractivity contribution in [3.05, 3.63) is 34.4 Å². The molecule has 1 N–H and O–H groups in total. The topological polar surface area (TPSA) is 32.3 Å². The molecule has 3 nitrogen and oxygen atoms in total. The third kappa shape index (κ3) is 2.56. The monoisotopic (exact) mass is 246 g/mol. The standard InChI is InChI=1S/C15H22N2O/c1-10-7-11(2)14(12(3)8-10)9-17-6-5-16-13(4)15(17)18/h7-8,13,16H,5-6,9H2,1-4H3. The number of aryl methyl sites for hydroxylation is 3. The molecule has 1 aliphatic rings. The molecule has 1 aromatic carbocycles. The van der Waals surface area contributed by atoms with Gasteiger partial charge in [0.15, 0.2) is 0 Å². The minimum Gasteiger partial charge on any atom is -0.336 e. The highest BCUT2D eigenvalue weighted by Crippen LogP contribution is 2.19. The van der Waals surface area contributed by atoms with Gasteiger partial charge in [0.05, 0.1) is 6.04 Å². The number of rotatable bonds is 2. The molecule has 3 heteroatoms. The van der Waals surface area contributed by atoms with Gasteiger partial charge < -0.3 is 10.2 Å². The van der Waals surface area contributed by atoms with E-state index in [1.807, 2.05) is 11.8 Å². The minimum atomic E-state index is -0.0511. The summed E-state index contributed by atoms with van der Waals surface area (Å²) in [5.41, 5.74) is 5.15. The number of hydrogen-bond acceptors (Lipinski definition) is 2. The molecule has 0 bridgehead atoms. The van der Waals surface area contributed by atoms with E-state index < -0.39 is 0 Å². The van der Waals surface area contributed by atoms with E-state index in [2.05, 4.69) is 38.2 Å². The van der Waals surface area contributed by atoms with Crippen LogP contribution in [0.4, 0.5) is 0 Å². The van der Waals surface area contributed by atoms with Crippen molar-refractivity contribution in [3.8, 4) is 0 Å². The van der Waals surface area contributed by atoms with E-state index in [-0.39, 0.29) is 11.9 Å². The molecule has 0 spiro atoms. The van der Waals surface area contributed by atoms with Crippen LogP contribution in [0.5, 0.6) is 0 Å². The van der Waals surface area contributed by atoms with Crippen LogP contribution in [0.25, 0.3) is 0 Å². The molecule has 1 heterocycles. The van der Waals surface area contributed by atoms with E-state index in [0.29, 0.717) is 0 Å². The number of nitrogens with zero attached hydrogens (tertiary/aromatic N) is 1. The predicted molar refractivity (Wildman–Crippen MR) is 73.5 cm³/mol. The van der Waals surface area contributed by atoms with E-state index in [1.165, 1.54) is 22.3 Å². The highest BCUT2D eigenvalue weighted by Gasteiger charge is 2.25. The van der Waals surface area contributed by atoms with Gasteiger partial charge in [0, 0.05) is 19.6 Å². The Labute approximate surface area is 109 Å². The zero-order chi connectivity index (χ0) is 13.3. The Hall–Kier alpha value is -1.35. The van der Waals surface area contributed by atoms with Crippen LogP contribution in [0.15, 0.2) is 12.1 Å². The molecule has 1 aliphatic heterocycles. The van der Waals surface area contributed by atoms with Crippen LogP contribution in [0.3, 0.4) is 0 Å². The molecule has 1 unspecified atom stereocenters. The summed E-state index contributed by atoms with van der Waals surface area (Å²) in [5.74, 6) is 0.209. The normalized spacial score (nSPS) is 20.3. The lowest BCUT2D eigenvalue weighted by molar-refractivity contribution is -0.135. The van der Waals surface area contributed by atoms with Gasteiger partial charge in [-0.25, -0.2) is 0 Å². The quantitative estimate of drug-likeness (QED) is 0.865. The molecule has 98 valence electrons. The highest BCUT2D eigenvalue weighted by atomic mass is 16.2. The number of hydrogen-bond donors (Lipinski definition) is 1.